The van der Waals surface area contributed by atoms with Crippen LogP contribution in [0.25, 0.3) is 0 Å². The molecular formula is C24H28F4O2. The van der Waals surface area contributed by atoms with E-state index in [9.17, 15) is 22.7 Å². The van der Waals surface area contributed by atoms with Crippen LogP contribution >= 0.6 is 0 Å². The van der Waals surface area contributed by atoms with Crippen LogP contribution in [0, 0.1) is 23.3 Å². The van der Waals surface area contributed by atoms with Gasteiger partial charge < -0.3 is 9.84 Å². The van der Waals surface area contributed by atoms with E-state index in [1.54, 1.807) is 19.1 Å². The van der Waals surface area contributed by atoms with E-state index in [4.69, 9.17) is 4.74 Å². The van der Waals surface area contributed by atoms with Gasteiger partial charge in [0.05, 0.1) is 12.7 Å². The highest BCUT2D eigenvalue weighted by Crippen LogP contribution is 2.43. The zero-order valence-electron chi connectivity index (χ0n) is 17.4. The molecule has 30 heavy (non-hydrogen) atoms. The minimum atomic E-state index is -1.02. The monoisotopic (exact) mass is 424 g/mol. The molecule has 2 aromatic rings. The van der Waals surface area contributed by atoms with Crippen molar-refractivity contribution in [3.8, 4) is 5.75 Å². The Morgan fingerprint density at radius 2 is 1.37 bits per heavy atom. The van der Waals surface area contributed by atoms with Crippen LogP contribution in [0.1, 0.15) is 87.0 Å². The van der Waals surface area contributed by atoms with Crippen molar-refractivity contribution in [2.45, 2.75) is 70.3 Å². The fourth-order valence-corrected chi connectivity index (χ4v) is 4.43. The Morgan fingerprint density at radius 1 is 0.833 bits per heavy atom. The maximum atomic E-state index is 14.7. The molecular weight excluding hydrogens is 396 g/mol. The van der Waals surface area contributed by atoms with Crippen molar-refractivity contribution in [3.05, 3.63) is 64.2 Å². The summed E-state index contributed by atoms with van der Waals surface area (Å²) >= 11 is 0. The Bertz CT molecular complexity index is 876. The highest BCUT2D eigenvalue weighted by atomic mass is 19.2. The van der Waals surface area contributed by atoms with Crippen LogP contribution in [0.2, 0.25) is 0 Å². The average Bonchev–Trinajstić information content (AvgIpc) is 2.74. The van der Waals surface area contributed by atoms with Gasteiger partial charge in [-0.05, 0) is 68.1 Å². The van der Waals surface area contributed by atoms with E-state index in [-0.39, 0.29) is 35.3 Å². The zero-order chi connectivity index (χ0) is 21.8. The summed E-state index contributed by atoms with van der Waals surface area (Å²) in [7, 11) is 0. The molecule has 0 saturated heterocycles. The molecule has 1 aliphatic carbocycles. The third kappa shape index (κ3) is 4.48. The van der Waals surface area contributed by atoms with E-state index in [1.807, 2.05) is 6.92 Å². The van der Waals surface area contributed by atoms with Gasteiger partial charge in [-0.1, -0.05) is 31.5 Å². The molecule has 0 heterocycles. The normalized spacial score (nSPS) is 20.2. The molecule has 1 fully saturated rings. The van der Waals surface area contributed by atoms with Gasteiger partial charge in [0.25, 0.3) is 0 Å². The standard InChI is InChI=1S/C24H28F4O2/c1-3-5-19(29)18-11-10-16(21(25)23(18)27)14-6-8-15(9-7-14)17-12-13-20(30-4-2)24(28)22(17)26/h10-15,19,29H,3-9H2,1-2H3. The molecule has 164 valence electrons. The highest BCUT2D eigenvalue weighted by molar-refractivity contribution is 5.34. The molecule has 1 atom stereocenters. The highest BCUT2D eigenvalue weighted by Gasteiger charge is 2.30. The predicted molar refractivity (Wildman–Crippen MR) is 108 cm³/mol. The van der Waals surface area contributed by atoms with E-state index in [0.717, 1.165) is 0 Å². The van der Waals surface area contributed by atoms with Gasteiger partial charge in [0.1, 0.15) is 0 Å². The van der Waals surface area contributed by atoms with Crippen LogP contribution in [0.4, 0.5) is 17.6 Å². The Labute approximate surface area is 174 Å². The largest absolute Gasteiger partial charge is 0.491 e. The van der Waals surface area contributed by atoms with Crippen LogP contribution in [0.3, 0.4) is 0 Å². The van der Waals surface area contributed by atoms with Gasteiger partial charge in [-0.15, -0.1) is 0 Å². The molecule has 1 unspecified atom stereocenters. The average molecular weight is 424 g/mol. The molecule has 1 saturated carbocycles. The number of hydrogen-bond donors (Lipinski definition) is 1. The fourth-order valence-electron chi connectivity index (χ4n) is 4.43. The lowest BCUT2D eigenvalue weighted by molar-refractivity contribution is 0.160. The quantitative estimate of drug-likeness (QED) is 0.489. The summed E-state index contributed by atoms with van der Waals surface area (Å²) in [5, 5.41) is 10.0. The molecule has 6 heteroatoms. The van der Waals surface area contributed by atoms with Crippen molar-refractivity contribution < 1.29 is 27.4 Å². The van der Waals surface area contributed by atoms with Crippen molar-refractivity contribution in [3.63, 3.8) is 0 Å². The number of ether oxygens (including phenoxy) is 1. The van der Waals surface area contributed by atoms with Crippen molar-refractivity contribution in [1.82, 2.24) is 0 Å². The van der Waals surface area contributed by atoms with Gasteiger partial charge in [0.15, 0.2) is 23.2 Å². The first kappa shape index (κ1) is 22.6. The van der Waals surface area contributed by atoms with Crippen molar-refractivity contribution in [2.24, 2.45) is 0 Å². The minimum Gasteiger partial charge on any atom is -0.491 e. The second-order valence-corrected chi connectivity index (χ2v) is 7.94. The number of benzene rings is 2. The third-order valence-corrected chi connectivity index (χ3v) is 6.05. The van der Waals surface area contributed by atoms with E-state index in [1.165, 1.54) is 12.1 Å². The van der Waals surface area contributed by atoms with E-state index < -0.39 is 29.4 Å². The summed E-state index contributed by atoms with van der Waals surface area (Å²) in [4.78, 5) is 0. The number of rotatable bonds is 7. The number of aliphatic hydroxyl groups is 1. The Balaban J connectivity index is 1.73. The first-order valence-electron chi connectivity index (χ1n) is 10.6. The molecule has 0 aliphatic heterocycles. The first-order valence-corrected chi connectivity index (χ1v) is 10.6. The lowest BCUT2D eigenvalue weighted by atomic mass is 9.75. The van der Waals surface area contributed by atoms with Crippen LogP contribution in [-0.2, 0) is 0 Å². The second-order valence-electron chi connectivity index (χ2n) is 7.94. The molecule has 0 spiro atoms. The first-order chi connectivity index (χ1) is 14.4. The third-order valence-electron chi connectivity index (χ3n) is 6.05. The van der Waals surface area contributed by atoms with Crippen molar-refractivity contribution >= 4 is 0 Å². The SMILES string of the molecule is CCCC(O)c1ccc(C2CCC(c3ccc(OCC)c(F)c3F)CC2)c(F)c1F. The minimum absolute atomic E-state index is 0.0151. The molecule has 0 radical (unpaired) electrons. The van der Waals surface area contributed by atoms with Crippen LogP contribution < -0.4 is 4.74 Å². The van der Waals surface area contributed by atoms with Gasteiger partial charge in [0, 0.05) is 5.56 Å². The Hall–Kier alpha value is -2.08. The van der Waals surface area contributed by atoms with Gasteiger partial charge >= 0.3 is 0 Å². The number of hydrogen-bond acceptors (Lipinski definition) is 2. The lowest BCUT2D eigenvalue weighted by Gasteiger charge is -2.30. The molecule has 0 amide bonds. The Kier molecular flexibility index (Phi) is 7.40. The summed E-state index contributed by atoms with van der Waals surface area (Å²) in [5.74, 6) is -4.25. The number of aliphatic hydroxyl groups excluding tert-OH is 1. The van der Waals surface area contributed by atoms with Gasteiger partial charge in [-0.3, -0.25) is 0 Å². The molecule has 3 rings (SSSR count). The summed E-state index contributed by atoms with van der Waals surface area (Å²) in [6, 6.07) is 6.01. The number of halogens is 4. The van der Waals surface area contributed by atoms with Crippen LogP contribution in [0.15, 0.2) is 24.3 Å². The summed E-state index contributed by atoms with van der Waals surface area (Å²) < 4.78 is 63.0. The summed E-state index contributed by atoms with van der Waals surface area (Å²) in [6.07, 6.45) is 2.21. The van der Waals surface area contributed by atoms with Gasteiger partial charge in [-0.2, -0.15) is 4.39 Å². The molecule has 0 aromatic heterocycles. The second kappa shape index (κ2) is 9.82. The Morgan fingerprint density at radius 3 is 1.90 bits per heavy atom. The van der Waals surface area contributed by atoms with Crippen molar-refractivity contribution in [2.75, 3.05) is 6.61 Å². The lowest BCUT2D eigenvalue weighted by Crippen LogP contribution is -2.16. The summed E-state index contributed by atoms with van der Waals surface area (Å²) in [5.41, 5.74) is 0.578. The smallest absolute Gasteiger partial charge is 0.200 e. The van der Waals surface area contributed by atoms with Crippen molar-refractivity contribution in [1.29, 1.82) is 0 Å². The topological polar surface area (TPSA) is 29.5 Å². The predicted octanol–water partition coefficient (Wildman–Crippen LogP) is 6.92. The van der Waals surface area contributed by atoms with Gasteiger partial charge in [-0.25, -0.2) is 13.2 Å². The van der Waals surface area contributed by atoms with E-state index in [0.29, 0.717) is 44.1 Å². The summed E-state index contributed by atoms with van der Waals surface area (Å²) in [6.45, 7) is 3.81. The molecule has 0 bridgehead atoms. The zero-order valence-corrected chi connectivity index (χ0v) is 17.4. The van der Waals surface area contributed by atoms with Gasteiger partial charge in [0.2, 0.25) is 5.82 Å². The van der Waals surface area contributed by atoms with E-state index in [2.05, 4.69) is 0 Å². The molecule has 2 nitrogen and oxygen atoms in total. The molecule has 1 N–H and O–H groups in total. The van der Waals surface area contributed by atoms with E-state index >= 15 is 0 Å². The maximum absolute atomic E-state index is 14.7. The van der Waals surface area contributed by atoms with Crippen LogP contribution in [-0.4, -0.2) is 11.7 Å². The fraction of sp³-hybridized carbons (Fsp3) is 0.500. The van der Waals surface area contributed by atoms with Crippen LogP contribution in [0.5, 0.6) is 5.75 Å². The molecule has 1 aliphatic rings. The maximum Gasteiger partial charge on any atom is 0.200 e. The molecule has 2 aromatic carbocycles.